The minimum Gasteiger partial charge on any atom is -0.383 e. The predicted octanol–water partition coefficient (Wildman–Crippen LogP) is 1.20. The van der Waals surface area contributed by atoms with Gasteiger partial charge in [-0.2, -0.15) is 0 Å². The molecule has 1 fully saturated rings. The molecule has 0 saturated heterocycles. The Hall–Kier alpha value is -1.15. The van der Waals surface area contributed by atoms with Crippen molar-refractivity contribution in [3.8, 4) is 0 Å². The molecule has 0 spiro atoms. The highest BCUT2D eigenvalue weighted by atomic mass is 32.2. The molecule has 1 aliphatic rings. The molecule has 0 amide bonds. The third-order valence-electron chi connectivity index (χ3n) is 3.07. The van der Waals surface area contributed by atoms with E-state index in [9.17, 15) is 8.42 Å². The van der Waals surface area contributed by atoms with E-state index < -0.39 is 10.0 Å². The molecule has 1 aromatic carbocycles. The van der Waals surface area contributed by atoms with Crippen molar-refractivity contribution >= 4 is 15.7 Å². The molecule has 0 unspecified atom stereocenters. The lowest BCUT2D eigenvalue weighted by Gasteiger charge is -2.09. The number of anilines is 1. The summed E-state index contributed by atoms with van der Waals surface area (Å²) < 4.78 is 36.8. The quantitative estimate of drug-likeness (QED) is 0.635. The summed E-state index contributed by atoms with van der Waals surface area (Å²) in [5.74, 6) is 0. The second-order valence-corrected chi connectivity index (χ2v) is 6.67. The van der Waals surface area contributed by atoms with Crippen LogP contribution in [0.25, 0.3) is 0 Å². The minimum atomic E-state index is -3.37. The van der Waals surface area contributed by atoms with Crippen molar-refractivity contribution in [2.45, 2.75) is 23.8 Å². The molecular formula is C14H22N2O4S. The van der Waals surface area contributed by atoms with E-state index in [0.717, 1.165) is 18.5 Å². The van der Waals surface area contributed by atoms with Crippen molar-refractivity contribution in [1.29, 1.82) is 0 Å². The van der Waals surface area contributed by atoms with Crippen LogP contribution in [0, 0.1) is 0 Å². The maximum absolute atomic E-state index is 12.0. The molecule has 2 rings (SSSR count). The third kappa shape index (κ3) is 5.62. The fraction of sp³-hybridized carbons (Fsp3) is 0.571. The Balaban J connectivity index is 1.76. The van der Waals surface area contributed by atoms with Gasteiger partial charge in [0.15, 0.2) is 0 Å². The number of methoxy groups -OCH3 is 1. The van der Waals surface area contributed by atoms with Crippen LogP contribution < -0.4 is 10.0 Å². The molecule has 2 N–H and O–H groups in total. The minimum absolute atomic E-state index is 0.122. The van der Waals surface area contributed by atoms with Crippen molar-refractivity contribution < 1.29 is 17.9 Å². The average molecular weight is 314 g/mol. The van der Waals surface area contributed by atoms with Crippen molar-refractivity contribution in [2.24, 2.45) is 0 Å². The average Bonchev–Trinajstić information content (AvgIpc) is 3.26. The molecule has 1 aromatic rings. The molecule has 0 atom stereocenters. The smallest absolute Gasteiger partial charge is 0.240 e. The van der Waals surface area contributed by atoms with E-state index in [4.69, 9.17) is 9.47 Å². The van der Waals surface area contributed by atoms with E-state index in [1.54, 1.807) is 31.4 Å². The topological polar surface area (TPSA) is 76.7 Å². The van der Waals surface area contributed by atoms with E-state index in [0.29, 0.717) is 31.3 Å². The largest absolute Gasteiger partial charge is 0.383 e. The summed E-state index contributed by atoms with van der Waals surface area (Å²) in [6.07, 6.45) is 1.86. The van der Waals surface area contributed by atoms with E-state index in [1.165, 1.54) is 0 Å². The highest BCUT2D eigenvalue weighted by Gasteiger charge is 2.27. The molecule has 1 aliphatic carbocycles. The first-order chi connectivity index (χ1) is 10.1. The zero-order chi connectivity index (χ0) is 15.1. The molecule has 7 heteroatoms. The van der Waals surface area contributed by atoms with Gasteiger partial charge in [-0.15, -0.1) is 0 Å². The molecule has 0 aliphatic heterocycles. The molecule has 0 radical (unpaired) electrons. The lowest BCUT2D eigenvalue weighted by molar-refractivity contribution is 0.0759. The summed E-state index contributed by atoms with van der Waals surface area (Å²) in [5.41, 5.74) is 0.871. The van der Waals surface area contributed by atoms with Crippen LogP contribution in [0.4, 0.5) is 5.69 Å². The van der Waals surface area contributed by atoms with Crippen LogP contribution in [0.15, 0.2) is 29.2 Å². The third-order valence-corrected chi connectivity index (χ3v) is 4.61. The summed E-state index contributed by atoms with van der Waals surface area (Å²) >= 11 is 0. The van der Waals surface area contributed by atoms with Gasteiger partial charge in [-0.05, 0) is 37.1 Å². The van der Waals surface area contributed by atoms with Crippen LogP contribution in [0.5, 0.6) is 0 Å². The lowest BCUT2D eigenvalue weighted by atomic mass is 10.3. The summed E-state index contributed by atoms with van der Waals surface area (Å²) in [6.45, 7) is 2.39. The number of benzene rings is 1. The second-order valence-electron chi connectivity index (χ2n) is 4.95. The van der Waals surface area contributed by atoms with Crippen molar-refractivity contribution in [2.75, 3.05) is 38.8 Å². The van der Waals surface area contributed by atoms with Gasteiger partial charge in [-0.1, -0.05) is 0 Å². The Kier molecular flexibility index (Phi) is 5.98. The van der Waals surface area contributed by atoms with Gasteiger partial charge < -0.3 is 14.8 Å². The predicted molar refractivity (Wildman–Crippen MR) is 81.0 cm³/mol. The molecule has 0 aromatic heterocycles. The van der Waals surface area contributed by atoms with Crippen LogP contribution in [0.1, 0.15) is 12.8 Å². The fourth-order valence-corrected chi connectivity index (χ4v) is 3.06. The zero-order valence-electron chi connectivity index (χ0n) is 12.2. The van der Waals surface area contributed by atoms with E-state index in [1.807, 2.05) is 0 Å². The molecule has 21 heavy (non-hydrogen) atoms. The van der Waals surface area contributed by atoms with Crippen LogP contribution in [0.2, 0.25) is 0 Å². The Labute approximate surface area is 125 Å². The van der Waals surface area contributed by atoms with Crippen LogP contribution in [0.3, 0.4) is 0 Å². The van der Waals surface area contributed by atoms with Gasteiger partial charge in [-0.3, -0.25) is 0 Å². The number of hydrogen-bond donors (Lipinski definition) is 2. The first-order valence-electron chi connectivity index (χ1n) is 7.05. The standard InChI is InChI=1S/C14H22N2O4S/c1-19-10-11-20-9-8-15-12-4-6-14(7-5-12)21(17,18)16-13-2-3-13/h4-7,13,15-16H,2-3,8-11H2,1H3. The zero-order valence-corrected chi connectivity index (χ0v) is 13.0. The van der Waals surface area contributed by atoms with Gasteiger partial charge in [0.2, 0.25) is 10.0 Å². The number of sulfonamides is 1. The van der Waals surface area contributed by atoms with Crippen LogP contribution in [-0.2, 0) is 19.5 Å². The monoisotopic (exact) mass is 314 g/mol. The maximum atomic E-state index is 12.0. The normalized spacial score (nSPS) is 15.1. The van der Waals surface area contributed by atoms with Crippen LogP contribution in [-0.4, -0.2) is 47.9 Å². The SMILES string of the molecule is COCCOCCNc1ccc(S(=O)(=O)NC2CC2)cc1. The highest BCUT2D eigenvalue weighted by Crippen LogP contribution is 2.22. The Bertz CT molecular complexity index is 526. The van der Waals surface area contributed by atoms with Crippen molar-refractivity contribution in [1.82, 2.24) is 4.72 Å². The van der Waals surface area contributed by atoms with Crippen molar-refractivity contribution in [3.63, 3.8) is 0 Å². The van der Waals surface area contributed by atoms with E-state index >= 15 is 0 Å². The molecule has 6 nitrogen and oxygen atoms in total. The fourth-order valence-electron chi connectivity index (χ4n) is 1.75. The molecule has 0 bridgehead atoms. The Morgan fingerprint density at radius 1 is 1.14 bits per heavy atom. The molecule has 1 saturated carbocycles. The molecule has 118 valence electrons. The summed E-state index contributed by atoms with van der Waals surface area (Å²) in [6, 6.07) is 6.86. The Morgan fingerprint density at radius 3 is 2.48 bits per heavy atom. The van der Waals surface area contributed by atoms with Gasteiger partial charge in [0.1, 0.15) is 0 Å². The number of ether oxygens (including phenoxy) is 2. The number of rotatable bonds is 10. The van der Waals surface area contributed by atoms with Crippen molar-refractivity contribution in [3.05, 3.63) is 24.3 Å². The summed E-state index contributed by atoms with van der Waals surface area (Å²) in [4.78, 5) is 0.302. The Morgan fingerprint density at radius 2 is 1.86 bits per heavy atom. The summed E-state index contributed by atoms with van der Waals surface area (Å²) in [7, 11) is -1.73. The van der Waals surface area contributed by atoms with Gasteiger partial charge in [-0.25, -0.2) is 13.1 Å². The number of nitrogens with one attached hydrogen (secondary N) is 2. The van der Waals surface area contributed by atoms with E-state index in [-0.39, 0.29) is 6.04 Å². The highest BCUT2D eigenvalue weighted by molar-refractivity contribution is 7.89. The van der Waals surface area contributed by atoms with Crippen LogP contribution >= 0.6 is 0 Å². The molecular weight excluding hydrogens is 292 g/mol. The first-order valence-corrected chi connectivity index (χ1v) is 8.53. The molecule has 0 heterocycles. The van der Waals surface area contributed by atoms with Gasteiger partial charge in [0, 0.05) is 25.4 Å². The maximum Gasteiger partial charge on any atom is 0.240 e. The first kappa shape index (κ1) is 16.2. The van der Waals surface area contributed by atoms with Gasteiger partial charge >= 0.3 is 0 Å². The lowest BCUT2D eigenvalue weighted by Crippen LogP contribution is -2.25. The van der Waals surface area contributed by atoms with Gasteiger partial charge in [0.05, 0.1) is 24.7 Å². The van der Waals surface area contributed by atoms with E-state index in [2.05, 4.69) is 10.0 Å². The second kappa shape index (κ2) is 7.74. The summed E-state index contributed by atoms with van der Waals surface area (Å²) in [5, 5.41) is 3.17. The van der Waals surface area contributed by atoms with Gasteiger partial charge in [0.25, 0.3) is 0 Å². The number of hydrogen-bond acceptors (Lipinski definition) is 5.